The molecule has 0 amide bonds. The smallest absolute Gasteiger partial charge is 0.364 e. The molecular formula is C10H20FNO3P-. The Labute approximate surface area is 96.3 Å². The van der Waals surface area contributed by atoms with E-state index in [1.165, 1.54) is 0 Å². The van der Waals surface area contributed by atoms with Crippen LogP contribution in [0.5, 0.6) is 0 Å². The van der Waals surface area contributed by atoms with Crippen LogP contribution in [0, 0.1) is 5.21 Å². The number of hydroxylamine groups is 2. The largest absolute Gasteiger partial charge is 0.784 e. The first-order valence-corrected chi connectivity index (χ1v) is 7.33. The predicted octanol–water partition coefficient (Wildman–Crippen LogP) is 3.31. The highest BCUT2D eigenvalue weighted by Gasteiger charge is 2.42. The van der Waals surface area contributed by atoms with Crippen molar-refractivity contribution in [1.29, 1.82) is 0 Å². The molecule has 1 fully saturated rings. The van der Waals surface area contributed by atoms with Crippen molar-refractivity contribution in [2.75, 3.05) is 6.66 Å². The van der Waals surface area contributed by atoms with Crippen LogP contribution >= 0.6 is 7.68 Å². The minimum absolute atomic E-state index is 0.391. The monoisotopic (exact) mass is 252 g/mol. The van der Waals surface area contributed by atoms with Crippen LogP contribution in [0.2, 0.25) is 0 Å². The van der Waals surface area contributed by atoms with Crippen LogP contribution in [0.25, 0.3) is 0 Å². The van der Waals surface area contributed by atoms with Crippen LogP contribution in [-0.2, 0) is 9.09 Å². The second kappa shape index (κ2) is 4.05. The molecule has 1 unspecified atom stereocenters. The van der Waals surface area contributed by atoms with E-state index in [-0.39, 0.29) is 0 Å². The highest BCUT2D eigenvalue weighted by atomic mass is 31.2. The Balaban J connectivity index is 2.83. The molecule has 4 nitrogen and oxygen atoms in total. The highest BCUT2D eigenvalue weighted by molar-refractivity contribution is 7.52. The quantitative estimate of drug-likeness (QED) is 0.707. The van der Waals surface area contributed by atoms with Gasteiger partial charge in [-0.1, -0.05) is 0 Å². The topological polar surface area (TPSA) is 52.6 Å². The van der Waals surface area contributed by atoms with Crippen LogP contribution in [0.3, 0.4) is 0 Å². The van der Waals surface area contributed by atoms with E-state index in [0.29, 0.717) is 12.8 Å². The second-order valence-corrected chi connectivity index (χ2v) is 7.51. The van der Waals surface area contributed by atoms with Crippen LogP contribution in [0.15, 0.2) is 0 Å². The number of piperidine rings is 1. The zero-order valence-corrected chi connectivity index (χ0v) is 11.4. The van der Waals surface area contributed by atoms with Gasteiger partial charge < -0.3 is 14.8 Å². The van der Waals surface area contributed by atoms with Crippen molar-refractivity contribution in [2.45, 2.75) is 57.7 Å². The van der Waals surface area contributed by atoms with Gasteiger partial charge in [0.15, 0.2) is 0 Å². The molecular weight excluding hydrogens is 232 g/mol. The summed E-state index contributed by atoms with van der Waals surface area (Å²) in [7, 11) is -3.99. The van der Waals surface area contributed by atoms with Gasteiger partial charge in [0.1, 0.15) is 0 Å². The summed E-state index contributed by atoms with van der Waals surface area (Å²) in [5.74, 6) is 0. The fourth-order valence-corrected chi connectivity index (χ4v) is 3.19. The third kappa shape index (κ3) is 3.27. The van der Waals surface area contributed by atoms with Gasteiger partial charge in [0.05, 0.1) is 6.10 Å². The van der Waals surface area contributed by atoms with Gasteiger partial charge in [-0.2, -0.15) is 4.20 Å². The number of hydrogen-bond acceptors (Lipinski definition) is 4. The SMILES string of the molecule is CC1(C)CC(OP(C)(=O)F)CC(C)(C)N1[O-]. The summed E-state index contributed by atoms with van der Waals surface area (Å²) in [6.07, 6.45) is 0.319. The zero-order chi connectivity index (χ0) is 12.8. The van der Waals surface area contributed by atoms with Crippen molar-refractivity contribution < 1.29 is 13.3 Å². The van der Waals surface area contributed by atoms with Crippen molar-refractivity contribution in [2.24, 2.45) is 0 Å². The summed E-state index contributed by atoms with van der Waals surface area (Å²) in [6, 6.07) is 0. The summed E-state index contributed by atoms with van der Waals surface area (Å²) >= 11 is 0. The Hall–Kier alpha value is 0.0400. The average Bonchev–Trinajstić information content (AvgIpc) is 1.95. The normalized spacial score (nSPS) is 29.9. The molecule has 6 heteroatoms. The van der Waals surface area contributed by atoms with Gasteiger partial charge in [-0.3, -0.25) is 4.57 Å². The number of nitrogens with zero attached hydrogens (tertiary/aromatic N) is 1. The summed E-state index contributed by atoms with van der Waals surface area (Å²) in [4.78, 5) is 0. The molecule has 0 radical (unpaired) electrons. The maximum Gasteiger partial charge on any atom is 0.364 e. The van der Waals surface area contributed by atoms with Crippen LogP contribution in [0.4, 0.5) is 4.20 Å². The minimum Gasteiger partial charge on any atom is -0.784 e. The molecule has 1 rings (SSSR count). The van der Waals surface area contributed by atoms with Crippen molar-refractivity contribution in [1.82, 2.24) is 5.06 Å². The van der Waals surface area contributed by atoms with Gasteiger partial charge in [-0.05, 0) is 40.5 Å². The lowest BCUT2D eigenvalue weighted by atomic mass is 9.80. The summed E-state index contributed by atoms with van der Waals surface area (Å²) in [5.41, 5.74) is -1.25. The molecule has 16 heavy (non-hydrogen) atoms. The van der Waals surface area contributed by atoms with E-state index in [9.17, 15) is 14.0 Å². The fraction of sp³-hybridized carbons (Fsp3) is 1.00. The number of hydrogen-bond donors (Lipinski definition) is 0. The van der Waals surface area contributed by atoms with Crippen molar-refractivity contribution in [3.05, 3.63) is 5.21 Å². The van der Waals surface area contributed by atoms with E-state index < -0.39 is 24.9 Å². The fourth-order valence-electron chi connectivity index (χ4n) is 2.51. The Bertz CT molecular complexity index is 295. The third-order valence-corrected chi connectivity index (χ3v) is 3.57. The van der Waals surface area contributed by atoms with Gasteiger partial charge in [0, 0.05) is 17.7 Å². The van der Waals surface area contributed by atoms with E-state index in [2.05, 4.69) is 0 Å². The van der Waals surface area contributed by atoms with E-state index in [1.807, 2.05) is 0 Å². The third-order valence-electron chi connectivity index (χ3n) is 2.89. The average molecular weight is 252 g/mol. The predicted molar refractivity (Wildman–Crippen MR) is 62.1 cm³/mol. The molecule has 0 aromatic carbocycles. The lowest BCUT2D eigenvalue weighted by Crippen LogP contribution is -2.59. The molecule has 0 spiro atoms. The summed E-state index contributed by atoms with van der Waals surface area (Å²) in [6.45, 7) is 8.11. The minimum atomic E-state index is -3.99. The lowest BCUT2D eigenvalue weighted by molar-refractivity contribution is -0.0413. The van der Waals surface area contributed by atoms with E-state index >= 15 is 0 Å². The summed E-state index contributed by atoms with van der Waals surface area (Å²) in [5, 5.41) is 13.0. The Kier molecular flexibility index (Phi) is 3.57. The molecule has 1 aliphatic rings. The molecule has 1 atom stereocenters. The molecule has 0 aromatic heterocycles. The molecule has 1 aliphatic heterocycles. The van der Waals surface area contributed by atoms with Crippen molar-refractivity contribution >= 4 is 7.68 Å². The molecule has 96 valence electrons. The first-order chi connectivity index (χ1) is 6.94. The molecule has 1 heterocycles. The highest BCUT2D eigenvalue weighted by Crippen LogP contribution is 2.50. The van der Waals surface area contributed by atoms with Crippen molar-refractivity contribution in [3.8, 4) is 0 Å². The van der Waals surface area contributed by atoms with Gasteiger partial charge >= 0.3 is 7.68 Å². The standard InChI is InChI=1S/C10H20FNO3P/c1-9(2)6-8(15-16(5,11)14)7-10(3,4)12(9)13/h8H,6-7H2,1-5H3/q-1. The van der Waals surface area contributed by atoms with Crippen LogP contribution < -0.4 is 0 Å². The van der Waals surface area contributed by atoms with Gasteiger partial charge in [0.25, 0.3) is 0 Å². The van der Waals surface area contributed by atoms with E-state index in [4.69, 9.17) is 4.52 Å². The maximum atomic E-state index is 13.0. The van der Waals surface area contributed by atoms with Gasteiger partial charge in [0.2, 0.25) is 0 Å². The summed E-state index contributed by atoms with van der Waals surface area (Å²) < 4.78 is 28.9. The zero-order valence-electron chi connectivity index (χ0n) is 10.5. The molecule has 0 bridgehead atoms. The first-order valence-electron chi connectivity index (χ1n) is 5.37. The second-order valence-electron chi connectivity index (χ2n) is 5.80. The molecule has 0 aliphatic carbocycles. The first kappa shape index (κ1) is 14.1. The van der Waals surface area contributed by atoms with Gasteiger partial charge in [-0.15, -0.1) is 0 Å². The Morgan fingerprint density at radius 1 is 1.31 bits per heavy atom. The Morgan fingerprint density at radius 3 is 2.00 bits per heavy atom. The molecule has 0 N–H and O–H groups in total. The molecule has 1 saturated heterocycles. The Morgan fingerprint density at radius 2 is 1.69 bits per heavy atom. The van der Waals surface area contributed by atoms with E-state index in [0.717, 1.165) is 11.7 Å². The molecule has 0 saturated carbocycles. The lowest BCUT2D eigenvalue weighted by Gasteiger charge is -2.59. The van der Waals surface area contributed by atoms with Crippen LogP contribution in [-0.4, -0.2) is 28.9 Å². The van der Waals surface area contributed by atoms with E-state index in [1.54, 1.807) is 27.7 Å². The molecule has 0 aromatic rings. The number of rotatable bonds is 2. The van der Waals surface area contributed by atoms with Crippen molar-refractivity contribution in [3.63, 3.8) is 0 Å². The van der Waals surface area contributed by atoms with Crippen LogP contribution in [0.1, 0.15) is 40.5 Å². The number of halogens is 1. The maximum absolute atomic E-state index is 13.0. The van der Waals surface area contributed by atoms with Gasteiger partial charge in [-0.25, -0.2) is 0 Å².